The summed E-state index contributed by atoms with van der Waals surface area (Å²) in [4.78, 5) is 2.82. The Morgan fingerprint density at radius 2 is 1.68 bits per heavy atom. The molecule has 2 aliphatic carbocycles. The standard InChI is InChI=1S/C17H32N2/c1-2-15-6-5-9-17(15,14-18)19-12-10-16(11-13-19)7-3-4-8-16/h15H,2-14,18H2,1H3. The zero-order chi connectivity index (χ0) is 13.3. The Hall–Kier alpha value is -0.0800. The molecule has 1 spiro atoms. The van der Waals surface area contributed by atoms with Gasteiger partial charge in [-0.25, -0.2) is 0 Å². The van der Waals surface area contributed by atoms with E-state index in [4.69, 9.17) is 5.73 Å². The second-order valence-electron chi connectivity index (χ2n) is 7.50. The zero-order valence-corrected chi connectivity index (χ0v) is 12.8. The Morgan fingerprint density at radius 1 is 1.00 bits per heavy atom. The molecule has 3 fully saturated rings. The maximum atomic E-state index is 6.27. The zero-order valence-electron chi connectivity index (χ0n) is 12.8. The fourth-order valence-corrected chi connectivity index (χ4v) is 5.58. The summed E-state index contributed by atoms with van der Waals surface area (Å²) in [7, 11) is 0. The van der Waals surface area contributed by atoms with Crippen LogP contribution in [0.3, 0.4) is 0 Å². The molecule has 3 rings (SSSR count). The van der Waals surface area contributed by atoms with Gasteiger partial charge in [0.1, 0.15) is 0 Å². The molecule has 19 heavy (non-hydrogen) atoms. The molecule has 110 valence electrons. The summed E-state index contributed by atoms with van der Waals surface area (Å²) in [6, 6.07) is 0. The van der Waals surface area contributed by atoms with E-state index in [2.05, 4.69) is 11.8 Å². The van der Waals surface area contributed by atoms with Gasteiger partial charge in [0.2, 0.25) is 0 Å². The lowest BCUT2D eigenvalue weighted by Gasteiger charge is -2.50. The normalized spacial score (nSPS) is 39.2. The minimum atomic E-state index is 0.370. The van der Waals surface area contributed by atoms with Gasteiger partial charge in [-0.3, -0.25) is 4.90 Å². The third kappa shape index (κ3) is 2.25. The molecule has 2 heteroatoms. The first kappa shape index (κ1) is 13.9. The molecule has 0 aromatic heterocycles. The smallest absolute Gasteiger partial charge is 0.0359 e. The molecule has 2 saturated carbocycles. The van der Waals surface area contributed by atoms with Crippen LogP contribution in [0.2, 0.25) is 0 Å². The van der Waals surface area contributed by atoms with Crippen molar-refractivity contribution in [1.82, 2.24) is 4.90 Å². The van der Waals surface area contributed by atoms with E-state index in [1.54, 1.807) is 0 Å². The summed E-state index contributed by atoms with van der Waals surface area (Å²) in [6.45, 7) is 5.91. The second kappa shape index (κ2) is 5.37. The average Bonchev–Trinajstić information content (AvgIpc) is 3.07. The number of likely N-dealkylation sites (tertiary alicyclic amines) is 1. The highest BCUT2D eigenvalue weighted by atomic mass is 15.2. The number of hydrogen-bond donors (Lipinski definition) is 1. The summed E-state index contributed by atoms with van der Waals surface area (Å²) in [5, 5.41) is 0. The SMILES string of the molecule is CCC1CCCC1(CN)N1CCC2(CCCC2)CC1. The number of nitrogens with two attached hydrogens (primary N) is 1. The highest BCUT2D eigenvalue weighted by Gasteiger charge is 2.48. The molecule has 0 bridgehead atoms. The van der Waals surface area contributed by atoms with E-state index in [9.17, 15) is 0 Å². The van der Waals surface area contributed by atoms with E-state index < -0.39 is 0 Å². The number of nitrogens with zero attached hydrogens (tertiary/aromatic N) is 1. The molecule has 3 aliphatic rings. The number of piperidine rings is 1. The summed E-state index contributed by atoms with van der Waals surface area (Å²) >= 11 is 0. The van der Waals surface area contributed by atoms with Crippen LogP contribution in [0.4, 0.5) is 0 Å². The maximum Gasteiger partial charge on any atom is 0.0359 e. The van der Waals surface area contributed by atoms with Gasteiger partial charge < -0.3 is 5.73 Å². The molecule has 2 nitrogen and oxygen atoms in total. The van der Waals surface area contributed by atoms with E-state index in [-0.39, 0.29) is 0 Å². The first-order valence-electron chi connectivity index (χ1n) is 8.70. The summed E-state index contributed by atoms with van der Waals surface area (Å²) in [5.74, 6) is 0.857. The lowest BCUT2D eigenvalue weighted by Crippen LogP contribution is -2.59. The summed E-state index contributed by atoms with van der Waals surface area (Å²) in [5.41, 5.74) is 7.38. The Kier molecular flexibility index (Phi) is 3.92. The highest BCUT2D eigenvalue weighted by molar-refractivity contribution is 5.04. The monoisotopic (exact) mass is 264 g/mol. The van der Waals surface area contributed by atoms with Crippen molar-refractivity contribution in [2.75, 3.05) is 19.6 Å². The van der Waals surface area contributed by atoms with Crippen LogP contribution in [0.25, 0.3) is 0 Å². The molecule has 0 amide bonds. The molecular formula is C17H32N2. The van der Waals surface area contributed by atoms with Crippen molar-refractivity contribution in [3.8, 4) is 0 Å². The van der Waals surface area contributed by atoms with Crippen molar-refractivity contribution in [2.45, 2.75) is 76.7 Å². The fourth-order valence-electron chi connectivity index (χ4n) is 5.58. The molecule has 1 saturated heterocycles. The van der Waals surface area contributed by atoms with Crippen LogP contribution in [0.15, 0.2) is 0 Å². The van der Waals surface area contributed by atoms with E-state index in [0.29, 0.717) is 5.54 Å². The Bertz CT molecular complexity index is 298. The maximum absolute atomic E-state index is 6.27. The summed E-state index contributed by atoms with van der Waals surface area (Å²) in [6.07, 6.45) is 14.4. The molecule has 2 atom stereocenters. The van der Waals surface area contributed by atoms with Gasteiger partial charge in [0.05, 0.1) is 0 Å². The molecule has 1 aliphatic heterocycles. The van der Waals surface area contributed by atoms with Crippen molar-refractivity contribution < 1.29 is 0 Å². The third-order valence-electron chi connectivity index (χ3n) is 6.89. The third-order valence-corrected chi connectivity index (χ3v) is 6.89. The van der Waals surface area contributed by atoms with E-state index >= 15 is 0 Å². The van der Waals surface area contributed by atoms with Gasteiger partial charge >= 0.3 is 0 Å². The van der Waals surface area contributed by atoms with Crippen LogP contribution in [-0.4, -0.2) is 30.1 Å². The molecular weight excluding hydrogens is 232 g/mol. The molecule has 0 aromatic rings. The fraction of sp³-hybridized carbons (Fsp3) is 1.00. The van der Waals surface area contributed by atoms with Crippen molar-refractivity contribution >= 4 is 0 Å². The van der Waals surface area contributed by atoms with E-state index in [0.717, 1.165) is 17.9 Å². The van der Waals surface area contributed by atoms with Crippen LogP contribution >= 0.6 is 0 Å². The van der Waals surface area contributed by atoms with Crippen molar-refractivity contribution in [2.24, 2.45) is 17.1 Å². The molecule has 1 heterocycles. The van der Waals surface area contributed by atoms with Crippen molar-refractivity contribution in [1.29, 1.82) is 0 Å². The minimum Gasteiger partial charge on any atom is -0.329 e. The van der Waals surface area contributed by atoms with Gasteiger partial charge in [-0.15, -0.1) is 0 Å². The average molecular weight is 264 g/mol. The van der Waals surface area contributed by atoms with Crippen molar-refractivity contribution in [3.05, 3.63) is 0 Å². The van der Waals surface area contributed by atoms with Crippen LogP contribution in [0, 0.1) is 11.3 Å². The lowest BCUT2D eigenvalue weighted by atomic mass is 9.74. The Morgan fingerprint density at radius 3 is 2.26 bits per heavy atom. The van der Waals surface area contributed by atoms with Crippen LogP contribution in [0.1, 0.15) is 71.1 Å². The number of rotatable bonds is 3. The topological polar surface area (TPSA) is 29.3 Å². The molecule has 0 radical (unpaired) electrons. The van der Waals surface area contributed by atoms with Gasteiger partial charge in [0.15, 0.2) is 0 Å². The second-order valence-corrected chi connectivity index (χ2v) is 7.50. The minimum absolute atomic E-state index is 0.370. The van der Waals surface area contributed by atoms with Gasteiger partial charge in [-0.2, -0.15) is 0 Å². The van der Waals surface area contributed by atoms with Gasteiger partial charge in [0.25, 0.3) is 0 Å². The summed E-state index contributed by atoms with van der Waals surface area (Å²) < 4.78 is 0. The molecule has 2 unspecified atom stereocenters. The molecule has 0 aromatic carbocycles. The first-order valence-corrected chi connectivity index (χ1v) is 8.70. The van der Waals surface area contributed by atoms with Gasteiger partial charge in [-0.1, -0.05) is 32.6 Å². The largest absolute Gasteiger partial charge is 0.329 e. The van der Waals surface area contributed by atoms with Crippen LogP contribution in [0.5, 0.6) is 0 Å². The van der Waals surface area contributed by atoms with Gasteiger partial charge in [0, 0.05) is 12.1 Å². The Balaban J connectivity index is 1.69. The van der Waals surface area contributed by atoms with Crippen molar-refractivity contribution in [3.63, 3.8) is 0 Å². The quantitative estimate of drug-likeness (QED) is 0.844. The Labute approximate surface area is 119 Å². The predicted molar refractivity (Wildman–Crippen MR) is 81.1 cm³/mol. The van der Waals surface area contributed by atoms with Crippen LogP contribution in [-0.2, 0) is 0 Å². The van der Waals surface area contributed by atoms with Gasteiger partial charge in [-0.05, 0) is 62.9 Å². The van der Waals surface area contributed by atoms with E-state index in [1.165, 1.54) is 77.3 Å². The molecule has 2 N–H and O–H groups in total. The lowest BCUT2D eigenvalue weighted by molar-refractivity contribution is -0.000699. The number of hydrogen-bond acceptors (Lipinski definition) is 2. The highest BCUT2D eigenvalue weighted by Crippen LogP contribution is 2.49. The van der Waals surface area contributed by atoms with Crippen LogP contribution < -0.4 is 5.73 Å². The first-order chi connectivity index (χ1) is 9.25. The van der Waals surface area contributed by atoms with E-state index in [1.807, 2.05) is 0 Å². The predicted octanol–water partition coefficient (Wildman–Crippen LogP) is 3.55.